The highest BCUT2D eigenvalue weighted by Crippen LogP contribution is 2.00. The van der Waals surface area contributed by atoms with Crippen LogP contribution in [-0.2, 0) is 4.79 Å². The molecule has 1 unspecified atom stereocenters. The number of hydrogen-bond acceptors (Lipinski definition) is 2. The van der Waals surface area contributed by atoms with Crippen LogP contribution >= 0.6 is 0 Å². The Labute approximate surface area is 100.0 Å². The number of amides is 1. The zero-order valence-electron chi connectivity index (χ0n) is 9.59. The summed E-state index contributed by atoms with van der Waals surface area (Å²) in [6.07, 6.45) is 3.91. The van der Waals surface area contributed by atoms with Gasteiger partial charge in [-0.2, -0.15) is 0 Å². The zero-order valence-corrected chi connectivity index (χ0v) is 9.59. The van der Waals surface area contributed by atoms with Gasteiger partial charge in [-0.15, -0.1) is 0 Å². The molecule has 1 amide bonds. The summed E-state index contributed by atoms with van der Waals surface area (Å²) in [5.41, 5.74) is 0.448. The molecule has 0 saturated carbocycles. The van der Waals surface area contributed by atoms with Gasteiger partial charge in [-0.25, -0.2) is 4.79 Å². The van der Waals surface area contributed by atoms with Crippen molar-refractivity contribution in [3.63, 3.8) is 0 Å². The summed E-state index contributed by atoms with van der Waals surface area (Å²) in [5, 5.41) is 11.4. The van der Waals surface area contributed by atoms with E-state index in [0.717, 1.165) is 6.42 Å². The first-order valence-corrected chi connectivity index (χ1v) is 5.40. The molecule has 4 nitrogen and oxygen atoms in total. The minimum Gasteiger partial charge on any atom is -0.479 e. The molecule has 0 heterocycles. The summed E-state index contributed by atoms with van der Waals surface area (Å²) < 4.78 is 0. The van der Waals surface area contributed by atoms with E-state index < -0.39 is 17.9 Å². The van der Waals surface area contributed by atoms with Gasteiger partial charge in [0.2, 0.25) is 0 Å². The molecular formula is C13H15NO3. The van der Waals surface area contributed by atoms with E-state index in [1.54, 1.807) is 36.4 Å². The number of rotatable bonds is 5. The fourth-order valence-electron chi connectivity index (χ4n) is 1.28. The normalized spacial score (nSPS) is 12.3. The molecule has 1 aromatic carbocycles. The molecule has 17 heavy (non-hydrogen) atoms. The van der Waals surface area contributed by atoms with Crippen molar-refractivity contribution in [2.24, 2.45) is 0 Å². The lowest BCUT2D eigenvalue weighted by molar-refractivity contribution is -0.137. The van der Waals surface area contributed by atoms with Crippen LogP contribution in [-0.4, -0.2) is 23.0 Å². The van der Waals surface area contributed by atoms with Crippen molar-refractivity contribution < 1.29 is 14.7 Å². The molecule has 1 rings (SSSR count). The number of nitrogens with one attached hydrogen (secondary N) is 1. The van der Waals surface area contributed by atoms with Crippen molar-refractivity contribution in [3.05, 3.63) is 48.0 Å². The molecule has 4 heteroatoms. The summed E-state index contributed by atoms with van der Waals surface area (Å²) in [5.74, 6) is -1.46. The van der Waals surface area contributed by atoms with E-state index in [1.165, 1.54) is 6.08 Å². The number of allylic oxidation sites excluding steroid dienone is 1. The maximum Gasteiger partial charge on any atom is 0.330 e. The van der Waals surface area contributed by atoms with Gasteiger partial charge in [-0.05, 0) is 18.6 Å². The third-order valence-electron chi connectivity index (χ3n) is 2.15. The SMILES string of the molecule is CCC=CC(NC(=O)c1ccccc1)C(=O)O. The van der Waals surface area contributed by atoms with Crippen LogP contribution in [0, 0.1) is 0 Å². The van der Waals surface area contributed by atoms with E-state index in [4.69, 9.17) is 5.11 Å². The molecule has 0 aliphatic carbocycles. The van der Waals surface area contributed by atoms with Gasteiger partial charge in [0, 0.05) is 5.56 Å². The Morgan fingerprint density at radius 1 is 1.35 bits per heavy atom. The number of carbonyl (C=O) groups is 2. The summed E-state index contributed by atoms with van der Waals surface area (Å²) in [6, 6.07) is 7.54. The second kappa shape index (κ2) is 6.48. The van der Waals surface area contributed by atoms with Gasteiger partial charge in [-0.1, -0.05) is 37.3 Å². The van der Waals surface area contributed by atoms with Crippen LogP contribution in [0.4, 0.5) is 0 Å². The van der Waals surface area contributed by atoms with Gasteiger partial charge < -0.3 is 10.4 Å². The van der Waals surface area contributed by atoms with E-state index in [0.29, 0.717) is 5.56 Å². The van der Waals surface area contributed by atoms with Gasteiger partial charge in [-0.3, -0.25) is 4.79 Å². The molecule has 0 fully saturated rings. The van der Waals surface area contributed by atoms with Crippen LogP contribution in [0.5, 0.6) is 0 Å². The number of carboxylic acids is 1. The molecule has 0 radical (unpaired) electrons. The van der Waals surface area contributed by atoms with Crippen molar-refractivity contribution in [1.82, 2.24) is 5.32 Å². The van der Waals surface area contributed by atoms with E-state index >= 15 is 0 Å². The third kappa shape index (κ3) is 4.10. The van der Waals surface area contributed by atoms with Crippen molar-refractivity contribution in [3.8, 4) is 0 Å². The fourth-order valence-corrected chi connectivity index (χ4v) is 1.28. The molecule has 1 atom stereocenters. The highest BCUT2D eigenvalue weighted by atomic mass is 16.4. The fraction of sp³-hybridized carbons (Fsp3) is 0.231. The summed E-state index contributed by atoms with van der Waals surface area (Å²) in [7, 11) is 0. The Balaban J connectivity index is 2.71. The quantitative estimate of drug-likeness (QED) is 0.762. The van der Waals surface area contributed by atoms with Crippen LogP contribution in [0.3, 0.4) is 0 Å². The molecule has 0 aliphatic heterocycles. The average Bonchev–Trinajstić information content (AvgIpc) is 2.35. The predicted octanol–water partition coefficient (Wildman–Crippen LogP) is 1.84. The highest BCUT2D eigenvalue weighted by Gasteiger charge is 2.16. The maximum absolute atomic E-state index is 11.7. The van der Waals surface area contributed by atoms with Gasteiger partial charge in [0.15, 0.2) is 0 Å². The van der Waals surface area contributed by atoms with Crippen molar-refractivity contribution in [2.75, 3.05) is 0 Å². The van der Waals surface area contributed by atoms with Crippen molar-refractivity contribution in [1.29, 1.82) is 0 Å². The Hall–Kier alpha value is -2.10. The first kappa shape index (κ1) is 13.0. The van der Waals surface area contributed by atoms with Gasteiger partial charge >= 0.3 is 5.97 Å². The second-order valence-electron chi connectivity index (χ2n) is 3.49. The molecule has 90 valence electrons. The molecule has 0 aromatic heterocycles. The largest absolute Gasteiger partial charge is 0.479 e. The minimum absolute atomic E-state index is 0.390. The number of benzene rings is 1. The van der Waals surface area contributed by atoms with E-state index in [2.05, 4.69) is 5.32 Å². The number of carbonyl (C=O) groups excluding carboxylic acids is 1. The average molecular weight is 233 g/mol. The predicted molar refractivity (Wildman–Crippen MR) is 64.8 cm³/mol. The Morgan fingerprint density at radius 2 is 2.00 bits per heavy atom. The summed E-state index contributed by atoms with van der Waals surface area (Å²) >= 11 is 0. The Bertz CT molecular complexity index is 412. The van der Waals surface area contributed by atoms with Crippen LogP contribution in [0.15, 0.2) is 42.5 Å². The number of hydrogen-bond donors (Lipinski definition) is 2. The smallest absolute Gasteiger partial charge is 0.330 e. The lowest BCUT2D eigenvalue weighted by Gasteiger charge is -2.10. The highest BCUT2D eigenvalue weighted by molar-refractivity contribution is 5.96. The van der Waals surface area contributed by atoms with Crippen LogP contribution in [0.2, 0.25) is 0 Å². The molecule has 0 bridgehead atoms. The van der Waals surface area contributed by atoms with E-state index in [1.807, 2.05) is 6.92 Å². The van der Waals surface area contributed by atoms with E-state index in [-0.39, 0.29) is 0 Å². The first-order chi connectivity index (χ1) is 8.15. The van der Waals surface area contributed by atoms with Crippen molar-refractivity contribution >= 4 is 11.9 Å². The summed E-state index contributed by atoms with van der Waals surface area (Å²) in [4.78, 5) is 22.6. The summed E-state index contributed by atoms with van der Waals surface area (Å²) in [6.45, 7) is 1.90. The Morgan fingerprint density at radius 3 is 2.53 bits per heavy atom. The topological polar surface area (TPSA) is 66.4 Å². The zero-order chi connectivity index (χ0) is 12.7. The Kier molecular flexibility index (Phi) is 4.94. The van der Waals surface area contributed by atoms with Crippen LogP contribution in [0.25, 0.3) is 0 Å². The van der Waals surface area contributed by atoms with E-state index in [9.17, 15) is 9.59 Å². The lowest BCUT2D eigenvalue weighted by Crippen LogP contribution is -2.39. The molecule has 0 aliphatic rings. The minimum atomic E-state index is -1.07. The number of aliphatic carboxylic acids is 1. The van der Waals surface area contributed by atoms with Crippen molar-refractivity contribution in [2.45, 2.75) is 19.4 Å². The van der Waals surface area contributed by atoms with Gasteiger partial charge in [0.1, 0.15) is 6.04 Å². The monoisotopic (exact) mass is 233 g/mol. The molecular weight excluding hydrogens is 218 g/mol. The molecule has 2 N–H and O–H groups in total. The standard InChI is InChI=1S/C13H15NO3/c1-2-3-9-11(13(16)17)14-12(15)10-7-5-4-6-8-10/h3-9,11H,2H2,1H3,(H,14,15)(H,16,17). The van der Waals surface area contributed by atoms with Crippen LogP contribution in [0.1, 0.15) is 23.7 Å². The second-order valence-corrected chi connectivity index (χ2v) is 3.49. The van der Waals surface area contributed by atoms with Gasteiger partial charge in [0.05, 0.1) is 0 Å². The number of carboxylic acid groups (broad SMARTS) is 1. The maximum atomic E-state index is 11.7. The molecule has 0 spiro atoms. The molecule has 1 aromatic rings. The first-order valence-electron chi connectivity index (χ1n) is 5.40. The lowest BCUT2D eigenvalue weighted by atomic mass is 10.2. The van der Waals surface area contributed by atoms with Gasteiger partial charge in [0.25, 0.3) is 5.91 Å². The third-order valence-corrected chi connectivity index (χ3v) is 2.15. The van der Waals surface area contributed by atoms with Crippen LogP contribution < -0.4 is 5.32 Å². The molecule has 0 saturated heterocycles.